The van der Waals surface area contributed by atoms with E-state index in [9.17, 15) is 22.8 Å². The van der Waals surface area contributed by atoms with Gasteiger partial charge in [0.25, 0.3) is 11.5 Å². The summed E-state index contributed by atoms with van der Waals surface area (Å²) in [6.07, 6.45) is -1.65. The zero-order valence-electron chi connectivity index (χ0n) is 35.3. The maximum Gasteiger partial charge on any atom is 0.416 e. The van der Waals surface area contributed by atoms with Crippen molar-refractivity contribution in [2.45, 2.75) is 96.0 Å². The van der Waals surface area contributed by atoms with Gasteiger partial charge in [-0.25, -0.2) is 9.97 Å². The van der Waals surface area contributed by atoms with E-state index >= 15 is 4.79 Å². The summed E-state index contributed by atoms with van der Waals surface area (Å²) in [5, 5.41) is 7.25. The van der Waals surface area contributed by atoms with Gasteiger partial charge in [-0.05, 0) is 81.0 Å². The number of hydrogen-bond acceptors (Lipinski definition) is 10. The van der Waals surface area contributed by atoms with Crippen molar-refractivity contribution in [2.24, 2.45) is 0 Å². The molecule has 2 unspecified atom stereocenters. The second-order valence-corrected chi connectivity index (χ2v) is 17.8. The Bertz CT molecular complexity index is 2940. The predicted molar refractivity (Wildman–Crippen MR) is 230 cm³/mol. The molecule has 1 saturated carbocycles. The maximum atomic E-state index is 15.0. The molecule has 4 aliphatic rings. The Morgan fingerprint density at radius 2 is 1.80 bits per heavy atom. The Hall–Kier alpha value is -6.33. The molecule has 3 aromatic carbocycles. The number of rotatable bonds is 8. The number of nitrogens with zero attached hydrogens (tertiary/aromatic N) is 8. The van der Waals surface area contributed by atoms with Gasteiger partial charge in [-0.2, -0.15) is 22.7 Å². The Balaban J connectivity index is 1.02. The first kappa shape index (κ1) is 41.7. The number of anilines is 2. The minimum absolute atomic E-state index is 0.00843. The largest absolute Gasteiger partial charge is 0.485 e. The van der Waals surface area contributed by atoms with E-state index in [2.05, 4.69) is 15.3 Å². The molecule has 0 bridgehead atoms. The first-order chi connectivity index (χ1) is 30.6. The third kappa shape index (κ3) is 6.96. The fourth-order valence-electron chi connectivity index (χ4n) is 9.68. The molecule has 6 heterocycles. The number of halogens is 4. The van der Waals surface area contributed by atoms with Crippen LogP contribution in [0.1, 0.15) is 96.1 Å². The third-order valence-corrected chi connectivity index (χ3v) is 13.4. The van der Waals surface area contributed by atoms with Crippen LogP contribution < -0.4 is 20.5 Å². The van der Waals surface area contributed by atoms with Gasteiger partial charge in [-0.15, -0.1) is 5.10 Å². The second-order valence-electron chi connectivity index (χ2n) is 17.4. The van der Waals surface area contributed by atoms with Crippen LogP contribution in [0.3, 0.4) is 0 Å². The van der Waals surface area contributed by atoms with Crippen molar-refractivity contribution in [3.8, 4) is 17.1 Å². The molecule has 64 heavy (non-hydrogen) atoms. The molecular formula is C46H43ClF3N9O5. The SMILES string of the molecule is Cc1ncnc(C(=O)N2CCN(c3c4n(c5nc(-c6ccc7c(c6)COC7(C)C)nn5c3=O)C(C(=O)Nc3ccc(C(F)(F)F)cc3Cl)CC4C)[C@H]3CC[C@@H]32)c1OCc1ccccc1. The minimum atomic E-state index is -4.62. The Labute approximate surface area is 370 Å². The maximum absolute atomic E-state index is 15.0. The molecule has 0 radical (unpaired) electrons. The molecule has 6 aromatic rings. The zero-order chi connectivity index (χ0) is 44.8. The first-order valence-corrected chi connectivity index (χ1v) is 21.5. The van der Waals surface area contributed by atoms with Gasteiger partial charge in [-0.3, -0.25) is 19.0 Å². The van der Waals surface area contributed by atoms with Crippen LogP contribution in [0.15, 0.2) is 77.9 Å². The van der Waals surface area contributed by atoms with Gasteiger partial charge in [0, 0.05) is 30.6 Å². The van der Waals surface area contributed by atoms with Crippen LogP contribution in [0, 0.1) is 6.92 Å². The summed E-state index contributed by atoms with van der Waals surface area (Å²) in [7, 11) is 0. The molecule has 3 aromatic heterocycles. The Kier molecular flexibility index (Phi) is 10.0. The van der Waals surface area contributed by atoms with E-state index in [0.717, 1.165) is 34.9 Å². The fourth-order valence-corrected chi connectivity index (χ4v) is 9.91. The summed E-state index contributed by atoms with van der Waals surface area (Å²) in [6, 6.07) is 16.7. The normalized spacial score (nSPS) is 21.0. The van der Waals surface area contributed by atoms with Crippen molar-refractivity contribution in [3.63, 3.8) is 0 Å². The number of hydrogen-bond donors (Lipinski definition) is 1. The quantitative estimate of drug-likeness (QED) is 0.160. The van der Waals surface area contributed by atoms with Gasteiger partial charge < -0.3 is 24.6 Å². The van der Waals surface area contributed by atoms with Gasteiger partial charge in [0.1, 0.15) is 24.7 Å². The number of fused-ring (bicyclic) bond motifs is 5. The Morgan fingerprint density at radius 1 is 1.02 bits per heavy atom. The van der Waals surface area contributed by atoms with Gasteiger partial charge in [-0.1, -0.05) is 61.0 Å². The molecule has 3 aliphatic heterocycles. The summed E-state index contributed by atoms with van der Waals surface area (Å²) in [5.74, 6) is -0.474. The monoisotopic (exact) mass is 893 g/mol. The number of piperazine rings is 1. The van der Waals surface area contributed by atoms with Gasteiger partial charge in [0.05, 0.1) is 45.9 Å². The van der Waals surface area contributed by atoms with Crippen LogP contribution >= 0.6 is 11.6 Å². The molecule has 330 valence electrons. The molecule has 1 saturated heterocycles. The van der Waals surface area contributed by atoms with E-state index < -0.39 is 34.8 Å². The van der Waals surface area contributed by atoms with Gasteiger partial charge >= 0.3 is 6.18 Å². The smallest absolute Gasteiger partial charge is 0.416 e. The molecule has 4 atom stereocenters. The molecule has 2 amide bonds. The number of aromatic nitrogens is 6. The molecule has 18 heteroatoms. The first-order valence-electron chi connectivity index (χ1n) is 21.2. The molecule has 1 N–H and O–H groups in total. The van der Waals surface area contributed by atoms with Crippen LogP contribution in [0.4, 0.5) is 24.5 Å². The van der Waals surface area contributed by atoms with Gasteiger partial charge in [0.2, 0.25) is 11.7 Å². The van der Waals surface area contributed by atoms with Crippen molar-refractivity contribution in [1.82, 2.24) is 34.0 Å². The van der Waals surface area contributed by atoms with E-state index in [4.69, 9.17) is 31.2 Å². The number of amides is 2. The summed E-state index contributed by atoms with van der Waals surface area (Å²) < 4.78 is 55.6. The van der Waals surface area contributed by atoms with Crippen LogP contribution in [0.5, 0.6) is 5.75 Å². The number of alkyl halides is 3. The summed E-state index contributed by atoms with van der Waals surface area (Å²) in [4.78, 5) is 61.3. The van der Waals surface area contributed by atoms with Crippen LogP contribution in [-0.2, 0) is 34.5 Å². The van der Waals surface area contributed by atoms with Crippen LogP contribution in [-0.4, -0.2) is 71.0 Å². The van der Waals surface area contributed by atoms with Crippen LogP contribution in [0.2, 0.25) is 5.02 Å². The summed E-state index contributed by atoms with van der Waals surface area (Å²) in [6.45, 7) is 8.86. The third-order valence-electron chi connectivity index (χ3n) is 13.1. The lowest BCUT2D eigenvalue weighted by atomic mass is 9.81. The minimum Gasteiger partial charge on any atom is -0.485 e. The topological polar surface area (TPSA) is 149 Å². The second kappa shape index (κ2) is 15.4. The number of carbonyl (C=O) groups is 2. The highest BCUT2D eigenvalue weighted by Gasteiger charge is 2.49. The number of ether oxygens (including phenoxy) is 2. The summed E-state index contributed by atoms with van der Waals surface area (Å²) >= 11 is 6.31. The fraction of sp³-hybridized carbons (Fsp3) is 0.370. The average Bonchev–Trinajstić information content (AvgIpc) is 3.94. The highest BCUT2D eigenvalue weighted by Crippen LogP contribution is 2.46. The number of aryl methyl sites for hydroxylation is 1. The molecule has 2 fully saturated rings. The lowest BCUT2D eigenvalue weighted by molar-refractivity contribution is -0.137. The van der Waals surface area contributed by atoms with Gasteiger partial charge in [0.15, 0.2) is 17.3 Å². The number of carbonyl (C=O) groups excluding carboxylic acids is 2. The van der Waals surface area contributed by atoms with Crippen molar-refractivity contribution < 1.29 is 32.2 Å². The average molecular weight is 894 g/mol. The van der Waals surface area contributed by atoms with E-state index in [1.54, 1.807) is 16.4 Å². The predicted octanol–water partition coefficient (Wildman–Crippen LogP) is 7.85. The van der Waals surface area contributed by atoms with E-state index in [-0.39, 0.29) is 78.0 Å². The van der Waals surface area contributed by atoms with Crippen molar-refractivity contribution >= 4 is 40.6 Å². The Morgan fingerprint density at radius 3 is 2.53 bits per heavy atom. The molecule has 14 nitrogen and oxygen atoms in total. The molecular weight excluding hydrogens is 851 g/mol. The molecule has 0 spiro atoms. The molecule has 10 rings (SSSR count). The lowest BCUT2D eigenvalue weighted by Crippen LogP contribution is -2.67. The zero-order valence-corrected chi connectivity index (χ0v) is 36.1. The van der Waals surface area contributed by atoms with Crippen LogP contribution in [0.25, 0.3) is 17.2 Å². The lowest BCUT2D eigenvalue weighted by Gasteiger charge is -2.54. The van der Waals surface area contributed by atoms with E-state index in [1.807, 2.05) is 74.2 Å². The van der Waals surface area contributed by atoms with E-state index in [0.29, 0.717) is 47.8 Å². The van der Waals surface area contributed by atoms with Crippen molar-refractivity contribution in [3.05, 3.63) is 128 Å². The van der Waals surface area contributed by atoms with E-state index in [1.165, 1.54) is 10.8 Å². The highest BCUT2D eigenvalue weighted by atomic mass is 35.5. The van der Waals surface area contributed by atoms with Crippen molar-refractivity contribution in [2.75, 3.05) is 23.3 Å². The van der Waals surface area contributed by atoms with Crippen molar-refractivity contribution in [1.29, 1.82) is 0 Å². The molecule has 1 aliphatic carbocycles. The number of benzene rings is 3. The standard InChI is InChI=1S/C46H43ClF3N9O5/c1-24-18-35(41(60)53-32-13-11-29(20-31(32)47)46(48,49)50)58-37(24)38(43(62)59-44(58)54-40(55-59)27-10-12-30-28(19-27)22-64-45(30,3)4)56-16-17-57(34-15-14-33(34)56)42(61)36-39(25(2)51-23-52-36)63-21-26-8-6-5-7-9-26/h5-13,19-20,23-24,33-35H,14-18,21-22H2,1-4H3,(H,53,60)/t24?,33-,34-,35?/m0/s1. The highest BCUT2D eigenvalue weighted by molar-refractivity contribution is 6.33. The number of nitrogens with one attached hydrogen (secondary N) is 1. The summed E-state index contributed by atoms with van der Waals surface area (Å²) in [5.41, 5.74) is 3.39.